The molecule has 1 aliphatic heterocycles. The molecule has 0 saturated carbocycles. The lowest BCUT2D eigenvalue weighted by Crippen LogP contribution is -2.33. The van der Waals surface area contributed by atoms with E-state index < -0.39 is 18.0 Å². The van der Waals surface area contributed by atoms with E-state index in [1.54, 1.807) is 35.1 Å². The Kier molecular flexibility index (Phi) is 6.65. The first-order chi connectivity index (χ1) is 15.8. The number of rotatable bonds is 7. The summed E-state index contributed by atoms with van der Waals surface area (Å²) < 4.78 is 21.7. The van der Waals surface area contributed by atoms with Gasteiger partial charge >= 0.3 is 6.09 Å². The fourth-order valence-electron chi connectivity index (χ4n) is 4.03. The van der Waals surface area contributed by atoms with Gasteiger partial charge in [0.05, 0.1) is 34.6 Å². The van der Waals surface area contributed by atoms with Gasteiger partial charge in [0.25, 0.3) is 5.91 Å². The molecule has 0 radical (unpaired) electrons. The maximum atomic E-state index is 14.6. The van der Waals surface area contributed by atoms with Gasteiger partial charge in [-0.25, -0.2) is 9.18 Å². The number of hydrogen-bond acceptors (Lipinski definition) is 4. The predicted molar refractivity (Wildman–Crippen MR) is 123 cm³/mol. The second kappa shape index (κ2) is 9.62. The Balaban J connectivity index is 1.39. The van der Waals surface area contributed by atoms with E-state index in [0.717, 1.165) is 5.56 Å². The SMILES string of the molecule is CC(CC1OC(=O)Nc2ccc(Cl)c(F)c21)CN(C)C(=O)c1cnn(Cc2ccccc2)c1. The van der Waals surface area contributed by atoms with Crippen LogP contribution in [0.15, 0.2) is 54.9 Å². The van der Waals surface area contributed by atoms with Gasteiger partial charge in [0.15, 0.2) is 5.82 Å². The molecule has 2 unspecified atom stereocenters. The normalized spacial score (nSPS) is 15.9. The molecule has 0 fully saturated rings. The first-order valence-corrected chi connectivity index (χ1v) is 11.0. The van der Waals surface area contributed by atoms with Crippen molar-refractivity contribution in [3.05, 3.63) is 82.4 Å². The quantitative estimate of drug-likeness (QED) is 0.519. The van der Waals surface area contributed by atoms with Gasteiger partial charge in [-0.1, -0.05) is 48.9 Å². The molecule has 3 aromatic rings. The van der Waals surface area contributed by atoms with E-state index in [1.165, 1.54) is 6.07 Å². The van der Waals surface area contributed by atoms with E-state index in [4.69, 9.17) is 16.3 Å². The molecule has 2 heterocycles. The summed E-state index contributed by atoms with van der Waals surface area (Å²) in [5.74, 6) is -0.861. The molecule has 33 heavy (non-hydrogen) atoms. The minimum absolute atomic E-state index is 0.0361. The number of nitrogens with one attached hydrogen (secondary N) is 1. The average Bonchev–Trinajstić information content (AvgIpc) is 3.24. The number of halogens is 2. The van der Waals surface area contributed by atoms with Gasteiger partial charge in [-0.3, -0.25) is 14.8 Å². The van der Waals surface area contributed by atoms with Gasteiger partial charge in [-0.15, -0.1) is 0 Å². The highest BCUT2D eigenvalue weighted by atomic mass is 35.5. The van der Waals surface area contributed by atoms with Crippen LogP contribution in [0.3, 0.4) is 0 Å². The van der Waals surface area contributed by atoms with Crippen LogP contribution >= 0.6 is 11.6 Å². The summed E-state index contributed by atoms with van der Waals surface area (Å²) in [6.07, 6.45) is 2.17. The van der Waals surface area contributed by atoms with Crippen molar-refractivity contribution >= 4 is 29.3 Å². The third-order valence-electron chi connectivity index (χ3n) is 5.56. The highest BCUT2D eigenvalue weighted by Gasteiger charge is 2.32. The van der Waals surface area contributed by atoms with Crippen LogP contribution in [0.25, 0.3) is 0 Å². The summed E-state index contributed by atoms with van der Waals surface area (Å²) >= 11 is 5.93. The zero-order valence-corrected chi connectivity index (χ0v) is 19.1. The number of fused-ring (bicyclic) bond motifs is 1. The van der Waals surface area contributed by atoms with Crippen molar-refractivity contribution in [3.8, 4) is 0 Å². The molecule has 9 heteroatoms. The number of anilines is 1. The zero-order valence-electron chi connectivity index (χ0n) is 18.3. The minimum Gasteiger partial charge on any atom is -0.441 e. The van der Waals surface area contributed by atoms with E-state index >= 15 is 0 Å². The molecule has 0 bridgehead atoms. The van der Waals surface area contributed by atoms with Crippen LogP contribution in [0.4, 0.5) is 14.9 Å². The van der Waals surface area contributed by atoms with Crippen molar-refractivity contribution in [2.75, 3.05) is 18.9 Å². The molecule has 2 atom stereocenters. The van der Waals surface area contributed by atoms with Crippen LogP contribution in [0.2, 0.25) is 5.02 Å². The average molecular weight is 471 g/mol. The summed E-state index contributed by atoms with van der Waals surface area (Å²) in [7, 11) is 1.70. The third-order valence-corrected chi connectivity index (χ3v) is 5.85. The molecule has 1 N–H and O–H groups in total. The van der Waals surface area contributed by atoms with Crippen LogP contribution in [0.1, 0.15) is 40.9 Å². The molecule has 0 aliphatic carbocycles. The van der Waals surface area contributed by atoms with E-state index in [1.807, 2.05) is 37.3 Å². The van der Waals surface area contributed by atoms with Crippen molar-refractivity contribution in [3.63, 3.8) is 0 Å². The van der Waals surface area contributed by atoms with Crippen LogP contribution in [-0.2, 0) is 11.3 Å². The Morgan fingerprint density at radius 3 is 2.82 bits per heavy atom. The Hall–Kier alpha value is -3.39. The van der Waals surface area contributed by atoms with Gasteiger partial charge in [0.1, 0.15) is 6.10 Å². The van der Waals surface area contributed by atoms with Gasteiger partial charge in [0.2, 0.25) is 0 Å². The molecule has 1 aliphatic rings. The number of carbonyl (C=O) groups is 2. The van der Waals surface area contributed by atoms with Gasteiger partial charge < -0.3 is 9.64 Å². The number of ether oxygens (including phenoxy) is 1. The lowest BCUT2D eigenvalue weighted by Gasteiger charge is -2.30. The lowest BCUT2D eigenvalue weighted by molar-refractivity contribution is 0.0695. The van der Waals surface area contributed by atoms with Crippen LogP contribution in [0, 0.1) is 11.7 Å². The molecule has 7 nitrogen and oxygen atoms in total. The zero-order chi connectivity index (χ0) is 23.5. The topological polar surface area (TPSA) is 76.5 Å². The van der Waals surface area contributed by atoms with E-state index in [0.29, 0.717) is 30.8 Å². The Bertz CT molecular complexity index is 1170. The Labute approximate surface area is 196 Å². The number of hydrogen-bond donors (Lipinski definition) is 1. The summed E-state index contributed by atoms with van der Waals surface area (Å²) in [4.78, 5) is 26.4. The Morgan fingerprint density at radius 2 is 2.06 bits per heavy atom. The van der Waals surface area contributed by atoms with Crippen LogP contribution in [0.5, 0.6) is 0 Å². The number of amides is 2. The maximum absolute atomic E-state index is 14.6. The van der Waals surface area contributed by atoms with Gasteiger partial charge in [0, 0.05) is 19.8 Å². The van der Waals surface area contributed by atoms with Crippen LogP contribution in [-0.4, -0.2) is 40.3 Å². The first kappa shape index (κ1) is 22.8. The fraction of sp³-hybridized carbons (Fsp3) is 0.292. The number of carbonyl (C=O) groups excluding carboxylic acids is 2. The van der Waals surface area contributed by atoms with Gasteiger partial charge in [-0.05, 0) is 30.0 Å². The van der Waals surface area contributed by atoms with Crippen molar-refractivity contribution in [1.29, 1.82) is 0 Å². The molecular formula is C24H24ClFN4O3. The molecule has 0 spiro atoms. The first-order valence-electron chi connectivity index (χ1n) is 10.6. The van der Waals surface area contributed by atoms with Gasteiger partial charge in [-0.2, -0.15) is 5.10 Å². The molecule has 172 valence electrons. The lowest BCUT2D eigenvalue weighted by atomic mass is 9.95. The van der Waals surface area contributed by atoms with E-state index in [2.05, 4.69) is 10.4 Å². The molecule has 4 rings (SSSR count). The maximum Gasteiger partial charge on any atom is 0.412 e. The van der Waals surface area contributed by atoms with Crippen molar-refractivity contribution < 1.29 is 18.7 Å². The minimum atomic E-state index is -0.792. The third kappa shape index (κ3) is 5.17. The Morgan fingerprint density at radius 1 is 1.30 bits per heavy atom. The molecule has 1 aromatic heterocycles. The standard InChI is InChI=1S/C24H24ClFN4O3/c1-15(10-20-21-19(28-24(32)33-20)9-8-18(25)22(21)26)12-29(2)23(31)17-11-27-30(14-17)13-16-6-4-3-5-7-16/h3-9,11,14-15,20H,10,12-13H2,1-2H3,(H,28,32). The highest BCUT2D eigenvalue weighted by Crippen LogP contribution is 2.39. The number of aromatic nitrogens is 2. The highest BCUT2D eigenvalue weighted by molar-refractivity contribution is 6.31. The van der Waals surface area contributed by atoms with Crippen molar-refractivity contribution in [1.82, 2.24) is 14.7 Å². The molecule has 0 saturated heterocycles. The predicted octanol–water partition coefficient (Wildman–Crippen LogP) is 5.13. The second-order valence-electron chi connectivity index (χ2n) is 8.28. The summed E-state index contributed by atoms with van der Waals surface area (Å²) in [5.41, 5.74) is 2.15. The second-order valence-corrected chi connectivity index (χ2v) is 8.69. The van der Waals surface area contributed by atoms with E-state index in [9.17, 15) is 14.0 Å². The smallest absolute Gasteiger partial charge is 0.412 e. The fourth-order valence-corrected chi connectivity index (χ4v) is 4.19. The summed E-state index contributed by atoms with van der Waals surface area (Å²) in [6, 6.07) is 12.8. The van der Waals surface area contributed by atoms with Crippen molar-refractivity contribution in [2.24, 2.45) is 5.92 Å². The van der Waals surface area contributed by atoms with Crippen molar-refractivity contribution in [2.45, 2.75) is 26.0 Å². The number of benzene rings is 2. The number of cyclic esters (lactones) is 1. The van der Waals surface area contributed by atoms with E-state index in [-0.39, 0.29) is 22.4 Å². The molecule has 2 amide bonds. The van der Waals surface area contributed by atoms with Crippen LogP contribution < -0.4 is 5.32 Å². The molecular weight excluding hydrogens is 447 g/mol. The summed E-state index contributed by atoms with van der Waals surface area (Å²) in [6.45, 7) is 2.88. The monoisotopic (exact) mass is 470 g/mol. The number of nitrogens with zero attached hydrogens (tertiary/aromatic N) is 3. The largest absolute Gasteiger partial charge is 0.441 e. The summed E-state index contributed by atoms with van der Waals surface area (Å²) in [5, 5.41) is 6.75. The molecule has 2 aromatic carbocycles.